The van der Waals surface area contributed by atoms with E-state index in [2.05, 4.69) is 72.5 Å². The van der Waals surface area contributed by atoms with Crippen molar-refractivity contribution in [3.8, 4) is 0 Å². The summed E-state index contributed by atoms with van der Waals surface area (Å²) in [5.41, 5.74) is 1.28. The highest BCUT2D eigenvalue weighted by Crippen LogP contribution is 2.28. The number of nitrogens with one attached hydrogen (secondary N) is 2. The molecule has 1 aromatic rings. The lowest BCUT2D eigenvalue weighted by molar-refractivity contribution is 0.324. The van der Waals surface area contributed by atoms with Crippen molar-refractivity contribution in [2.24, 2.45) is 10.9 Å². The normalized spacial score (nSPS) is 23.4. The molecule has 0 amide bonds. The molecule has 2 atom stereocenters. The van der Waals surface area contributed by atoms with Gasteiger partial charge in [0.25, 0.3) is 0 Å². The standard InChI is InChI=1S/C20H32BrN5.HI/c1-3-10-25-11-8-16(14-25)13-23-20(22-2)24-17-9-12-26(15-17)19-7-5-4-6-18(19)21;/h4-7,16-17H,3,8-15H2,1-2H3,(H2,22,23,24);1H. The Bertz CT molecular complexity index is 612. The Morgan fingerprint density at radius 3 is 2.78 bits per heavy atom. The van der Waals surface area contributed by atoms with Crippen molar-refractivity contribution >= 4 is 51.6 Å². The molecule has 0 aliphatic carbocycles. The highest BCUT2D eigenvalue weighted by Gasteiger charge is 2.25. The van der Waals surface area contributed by atoms with Crippen molar-refractivity contribution in [1.29, 1.82) is 0 Å². The van der Waals surface area contributed by atoms with E-state index in [-0.39, 0.29) is 24.0 Å². The third kappa shape index (κ3) is 6.49. The second-order valence-electron chi connectivity index (χ2n) is 7.44. The zero-order valence-corrected chi connectivity index (χ0v) is 20.4. The predicted octanol–water partition coefficient (Wildman–Crippen LogP) is 3.54. The molecule has 2 saturated heterocycles. The first-order chi connectivity index (χ1) is 12.7. The van der Waals surface area contributed by atoms with Crippen molar-refractivity contribution in [1.82, 2.24) is 15.5 Å². The van der Waals surface area contributed by atoms with Crippen LogP contribution >= 0.6 is 39.9 Å². The van der Waals surface area contributed by atoms with Crippen LogP contribution in [0, 0.1) is 5.92 Å². The van der Waals surface area contributed by atoms with Gasteiger partial charge in [0, 0.05) is 43.7 Å². The number of hydrogen-bond donors (Lipinski definition) is 2. The Morgan fingerprint density at radius 2 is 2.04 bits per heavy atom. The summed E-state index contributed by atoms with van der Waals surface area (Å²) in [6.45, 7) is 9.06. The fourth-order valence-electron chi connectivity index (χ4n) is 4.03. The number of benzene rings is 1. The number of para-hydroxylation sites is 1. The van der Waals surface area contributed by atoms with E-state index in [1.807, 2.05) is 7.05 Å². The van der Waals surface area contributed by atoms with Gasteiger partial charge < -0.3 is 20.4 Å². The minimum absolute atomic E-state index is 0. The number of hydrogen-bond acceptors (Lipinski definition) is 3. The van der Waals surface area contributed by atoms with Crippen molar-refractivity contribution < 1.29 is 0 Å². The monoisotopic (exact) mass is 549 g/mol. The molecule has 2 unspecified atom stereocenters. The van der Waals surface area contributed by atoms with Crippen LogP contribution in [0.15, 0.2) is 33.7 Å². The third-order valence-electron chi connectivity index (χ3n) is 5.41. The topological polar surface area (TPSA) is 42.9 Å². The number of guanidine groups is 1. The maximum atomic E-state index is 4.44. The van der Waals surface area contributed by atoms with E-state index in [9.17, 15) is 0 Å². The zero-order valence-electron chi connectivity index (χ0n) is 16.5. The van der Waals surface area contributed by atoms with Gasteiger partial charge in [-0.05, 0) is 66.3 Å². The first-order valence-corrected chi connectivity index (χ1v) is 10.7. The Morgan fingerprint density at radius 1 is 1.22 bits per heavy atom. The quantitative estimate of drug-likeness (QED) is 0.323. The Hall–Kier alpha value is -0.540. The molecule has 5 nitrogen and oxygen atoms in total. The van der Waals surface area contributed by atoms with Crippen molar-refractivity contribution in [3.63, 3.8) is 0 Å². The Balaban J connectivity index is 0.00000261. The van der Waals surface area contributed by atoms with Crippen LogP contribution in [-0.2, 0) is 0 Å². The van der Waals surface area contributed by atoms with Crippen LogP contribution in [0.3, 0.4) is 0 Å². The Labute approximate surface area is 189 Å². The van der Waals surface area contributed by atoms with Gasteiger partial charge >= 0.3 is 0 Å². The van der Waals surface area contributed by atoms with Gasteiger partial charge in [0.15, 0.2) is 5.96 Å². The van der Waals surface area contributed by atoms with E-state index in [1.54, 1.807) is 0 Å². The lowest BCUT2D eigenvalue weighted by atomic mass is 10.1. The first-order valence-electron chi connectivity index (χ1n) is 9.88. The summed E-state index contributed by atoms with van der Waals surface area (Å²) in [6.07, 6.45) is 3.68. The van der Waals surface area contributed by atoms with Crippen molar-refractivity contribution in [2.45, 2.75) is 32.2 Å². The summed E-state index contributed by atoms with van der Waals surface area (Å²) in [5.74, 6) is 1.68. The van der Waals surface area contributed by atoms with Crippen LogP contribution in [0.5, 0.6) is 0 Å². The van der Waals surface area contributed by atoms with Crippen molar-refractivity contribution in [2.75, 3.05) is 51.2 Å². The molecule has 27 heavy (non-hydrogen) atoms. The average molecular weight is 550 g/mol. The second-order valence-corrected chi connectivity index (χ2v) is 8.29. The number of halogens is 2. The van der Waals surface area contributed by atoms with Gasteiger partial charge in [-0.15, -0.1) is 24.0 Å². The van der Waals surface area contributed by atoms with E-state index in [4.69, 9.17) is 0 Å². The number of anilines is 1. The smallest absolute Gasteiger partial charge is 0.191 e. The molecule has 0 radical (unpaired) electrons. The van der Waals surface area contributed by atoms with Gasteiger partial charge in [-0.1, -0.05) is 19.1 Å². The first kappa shape index (κ1) is 22.7. The van der Waals surface area contributed by atoms with Gasteiger partial charge in [-0.2, -0.15) is 0 Å². The van der Waals surface area contributed by atoms with Crippen molar-refractivity contribution in [3.05, 3.63) is 28.7 Å². The summed E-state index contributed by atoms with van der Waals surface area (Å²) in [7, 11) is 1.87. The van der Waals surface area contributed by atoms with Crippen LogP contribution in [0.4, 0.5) is 5.69 Å². The molecule has 7 heteroatoms. The summed E-state index contributed by atoms with van der Waals surface area (Å²) in [5, 5.41) is 7.16. The largest absolute Gasteiger partial charge is 0.368 e. The minimum atomic E-state index is 0. The molecule has 3 rings (SSSR count). The van der Waals surface area contributed by atoms with E-state index in [0.29, 0.717) is 6.04 Å². The van der Waals surface area contributed by atoms with E-state index in [0.717, 1.165) is 37.9 Å². The lowest BCUT2D eigenvalue weighted by Crippen LogP contribution is -2.46. The number of rotatable bonds is 6. The molecule has 2 aliphatic rings. The van der Waals surface area contributed by atoms with Crippen LogP contribution in [0.2, 0.25) is 0 Å². The van der Waals surface area contributed by atoms with Crippen LogP contribution in [0.25, 0.3) is 0 Å². The zero-order chi connectivity index (χ0) is 18.4. The average Bonchev–Trinajstić information content (AvgIpc) is 3.29. The predicted molar refractivity (Wildman–Crippen MR) is 130 cm³/mol. The summed E-state index contributed by atoms with van der Waals surface area (Å²) >= 11 is 3.67. The van der Waals surface area contributed by atoms with Gasteiger partial charge in [0.05, 0.1) is 5.69 Å². The summed E-state index contributed by atoms with van der Waals surface area (Å²) < 4.78 is 1.17. The lowest BCUT2D eigenvalue weighted by Gasteiger charge is -2.22. The highest BCUT2D eigenvalue weighted by molar-refractivity contribution is 14.0. The Kier molecular flexibility index (Phi) is 9.65. The maximum Gasteiger partial charge on any atom is 0.191 e. The molecular weight excluding hydrogens is 517 g/mol. The summed E-state index contributed by atoms with van der Waals surface area (Å²) in [4.78, 5) is 9.45. The molecule has 2 N–H and O–H groups in total. The van der Waals surface area contributed by atoms with Crippen LogP contribution in [0.1, 0.15) is 26.2 Å². The SMILES string of the molecule is CCCN1CCC(CNC(=NC)NC2CCN(c3ccccc3Br)C2)C1.I. The molecule has 2 aliphatic heterocycles. The molecule has 152 valence electrons. The molecule has 2 fully saturated rings. The molecule has 0 aromatic heterocycles. The van der Waals surface area contributed by atoms with E-state index >= 15 is 0 Å². The van der Waals surface area contributed by atoms with Gasteiger partial charge in [0.1, 0.15) is 0 Å². The van der Waals surface area contributed by atoms with Gasteiger partial charge in [-0.25, -0.2) is 0 Å². The van der Waals surface area contributed by atoms with Crippen LogP contribution in [-0.4, -0.2) is 63.2 Å². The molecule has 1 aromatic carbocycles. The number of aliphatic imine (C=N–C) groups is 1. The van der Waals surface area contributed by atoms with E-state index < -0.39 is 0 Å². The molecule has 2 heterocycles. The molecular formula is C20H33BrIN5. The highest BCUT2D eigenvalue weighted by atomic mass is 127. The molecule has 0 bridgehead atoms. The fraction of sp³-hybridized carbons (Fsp3) is 0.650. The molecule has 0 saturated carbocycles. The number of nitrogens with zero attached hydrogens (tertiary/aromatic N) is 3. The second kappa shape index (κ2) is 11.5. The third-order valence-corrected chi connectivity index (χ3v) is 6.08. The summed E-state index contributed by atoms with van der Waals surface area (Å²) in [6, 6.07) is 8.90. The van der Waals surface area contributed by atoms with Gasteiger partial charge in [-0.3, -0.25) is 4.99 Å². The number of likely N-dealkylation sites (tertiary alicyclic amines) is 1. The maximum absolute atomic E-state index is 4.44. The van der Waals surface area contributed by atoms with E-state index in [1.165, 1.54) is 42.6 Å². The molecule has 0 spiro atoms. The van der Waals surface area contributed by atoms with Gasteiger partial charge in [0.2, 0.25) is 0 Å². The minimum Gasteiger partial charge on any atom is -0.368 e. The van der Waals surface area contributed by atoms with Crippen LogP contribution < -0.4 is 15.5 Å². The fourth-order valence-corrected chi connectivity index (χ4v) is 4.57.